The van der Waals surface area contributed by atoms with Gasteiger partial charge in [0.25, 0.3) is 0 Å². The molecule has 0 fully saturated rings. The zero-order chi connectivity index (χ0) is 23.7. The lowest BCUT2D eigenvalue weighted by molar-refractivity contribution is 0.316. The van der Waals surface area contributed by atoms with Gasteiger partial charge in [0.15, 0.2) is 0 Å². The van der Waals surface area contributed by atoms with Gasteiger partial charge in [-0.1, -0.05) is 82.3 Å². The van der Waals surface area contributed by atoms with Gasteiger partial charge in [-0.3, -0.25) is 0 Å². The first kappa shape index (κ1) is 22.3. The topological polar surface area (TPSA) is 56.1 Å². The second kappa shape index (κ2) is 9.41. The average molecular weight is 454 g/mol. The summed E-state index contributed by atoms with van der Waals surface area (Å²) < 4.78 is 12.0. The number of aliphatic imine (C=N–C) groups is 2. The van der Waals surface area contributed by atoms with Gasteiger partial charge in [0, 0.05) is 0 Å². The molecule has 0 bridgehead atoms. The first-order chi connectivity index (χ1) is 16.5. The minimum absolute atomic E-state index is 0.0176. The molecule has 0 spiro atoms. The molecular weight excluding hydrogens is 422 g/mol. The third-order valence-electron chi connectivity index (χ3n) is 6.44. The van der Waals surface area contributed by atoms with Gasteiger partial charge in [-0.2, -0.15) is 0 Å². The van der Waals surface area contributed by atoms with Crippen molar-refractivity contribution in [3.8, 4) is 0 Å². The molecule has 2 aliphatic rings. The van der Waals surface area contributed by atoms with E-state index in [2.05, 4.69) is 76.2 Å². The van der Waals surface area contributed by atoms with E-state index in [1.807, 2.05) is 18.2 Å². The zero-order valence-corrected chi connectivity index (χ0v) is 20.2. The Morgan fingerprint density at radius 3 is 1.50 bits per heavy atom. The van der Waals surface area contributed by atoms with Crippen LogP contribution in [-0.2, 0) is 9.47 Å². The molecule has 0 amide bonds. The Balaban J connectivity index is 1.40. The molecule has 3 aromatic rings. The number of hydrogen-bond donors (Lipinski definition) is 0. The van der Waals surface area contributed by atoms with Crippen molar-refractivity contribution in [3.63, 3.8) is 0 Å². The van der Waals surface area contributed by atoms with E-state index in [0.29, 0.717) is 48.2 Å². The first-order valence-corrected chi connectivity index (χ1v) is 12.1. The standard InChI is InChI=1S/C29H31N3O2/c1-18(2)20-10-5-7-12-22(20)26-16-33-28(31-26)24-14-9-15-25(30-24)29-32-27(17-34-29)23-13-8-6-11-21(23)19(3)4/h5-15,18-19,26-27H,16-17H2,1-4H3/t26-,27-/m0/s1. The summed E-state index contributed by atoms with van der Waals surface area (Å²) in [4.78, 5) is 14.6. The van der Waals surface area contributed by atoms with Crippen molar-refractivity contribution in [3.05, 3.63) is 100 Å². The highest BCUT2D eigenvalue weighted by Gasteiger charge is 2.28. The summed E-state index contributed by atoms with van der Waals surface area (Å²) in [5.74, 6) is 2.02. The fourth-order valence-corrected chi connectivity index (χ4v) is 4.70. The Labute approximate surface area is 201 Å². The van der Waals surface area contributed by atoms with Crippen molar-refractivity contribution in [2.45, 2.75) is 51.6 Å². The van der Waals surface area contributed by atoms with E-state index in [1.54, 1.807) is 0 Å². The third-order valence-corrected chi connectivity index (χ3v) is 6.44. The van der Waals surface area contributed by atoms with Crippen LogP contribution in [0.25, 0.3) is 0 Å². The highest BCUT2D eigenvalue weighted by Crippen LogP contribution is 2.32. The van der Waals surface area contributed by atoms with E-state index in [4.69, 9.17) is 24.4 Å². The van der Waals surface area contributed by atoms with Gasteiger partial charge in [0.2, 0.25) is 11.8 Å². The smallest absolute Gasteiger partial charge is 0.236 e. The van der Waals surface area contributed by atoms with Crippen LogP contribution >= 0.6 is 0 Å². The maximum absolute atomic E-state index is 6.00. The van der Waals surface area contributed by atoms with E-state index >= 15 is 0 Å². The summed E-state index contributed by atoms with van der Waals surface area (Å²) in [5, 5.41) is 0. The molecule has 2 atom stereocenters. The van der Waals surface area contributed by atoms with Crippen LogP contribution in [0.15, 0.2) is 76.7 Å². The molecule has 0 radical (unpaired) electrons. The molecule has 174 valence electrons. The van der Waals surface area contributed by atoms with E-state index < -0.39 is 0 Å². The second-order valence-corrected chi connectivity index (χ2v) is 9.50. The monoisotopic (exact) mass is 453 g/mol. The Morgan fingerprint density at radius 1 is 0.618 bits per heavy atom. The summed E-state index contributed by atoms with van der Waals surface area (Å²) in [6.07, 6.45) is 0. The molecule has 1 aromatic heterocycles. The van der Waals surface area contributed by atoms with Crippen LogP contribution in [0.5, 0.6) is 0 Å². The summed E-state index contributed by atoms with van der Waals surface area (Å²) >= 11 is 0. The fourth-order valence-electron chi connectivity index (χ4n) is 4.70. The predicted molar refractivity (Wildman–Crippen MR) is 136 cm³/mol. The normalized spacial score (nSPS) is 19.7. The van der Waals surface area contributed by atoms with Gasteiger partial charge < -0.3 is 9.47 Å². The van der Waals surface area contributed by atoms with Crippen LogP contribution in [0.3, 0.4) is 0 Å². The fraction of sp³-hybridized carbons (Fsp3) is 0.345. The largest absolute Gasteiger partial charge is 0.474 e. The van der Waals surface area contributed by atoms with Gasteiger partial charge >= 0.3 is 0 Å². The molecular formula is C29H31N3O2. The number of pyridine rings is 1. The number of aromatic nitrogens is 1. The summed E-state index contributed by atoms with van der Waals surface area (Å²) in [7, 11) is 0. The van der Waals surface area contributed by atoms with Gasteiger partial charge in [0.05, 0.1) is 0 Å². The molecule has 2 aromatic carbocycles. The van der Waals surface area contributed by atoms with Crippen LogP contribution < -0.4 is 0 Å². The van der Waals surface area contributed by atoms with E-state index in [9.17, 15) is 0 Å². The van der Waals surface area contributed by atoms with E-state index in [1.165, 1.54) is 22.3 Å². The number of nitrogens with zero attached hydrogens (tertiary/aromatic N) is 3. The van der Waals surface area contributed by atoms with Crippen molar-refractivity contribution in [1.82, 2.24) is 4.98 Å². The van der Waals surface area contributed by atoms with Crippen molar-refractivity contribution >= 4 is 11.8 Å². The van der Waals surface area contributed by atoms with Crippen LogP contribution in [-0.4, -0.2) is 30.0 Å². The molecule has 2 aliphatic heterocycles. The number of rotatable bonds is 6. The van der Waals surface area contributed by atoms with Crippen LogP contribution in [0, 0.1) is 0 Å². The molecule has 0 N–H and O–H groups in total. The highest BCUT2D eigenvalue weighted by molar-refractivity contribution is 5.97. The van der Waals surface area contributed by atoms with Crippen molar-refractivity contribution in [2.24, 2.45) is 9.98 Å². The SMILES string of the molecule is CC(C)c1ccccc1[C@@H]1COC(c2cccc(C3=N[C@H](c4ccccc4C(C)C)CO3)n2)=N1. The van der Waals surface area contributed by atoms with Crippen LogP contribution in [0.1, 0.15) is 85.3 Å². The summed E-state index contributed by atoms with van der Waals surface area (Å²) in [6.45, 7) is 9.88. The maximum Gasteiger partial charge on any atom is 0.236 e. The molecule has 5 nitrogen and oxygen atoms in total. The molecule has 5 rings (SSSR count). The van der Waals surface area contributed by atoms with Gasteiger partial charge in [-0.25, -0.2) is 15.0 Å². The minimum atomic E-state index is -0.0176. The van der Waals surface area contributed by atoms with Gasteiger partial charge in [-0.05, 0) is 46.2 Å². The quantitative estimate of drug-likeness (QED) is 0.436. The first-order valence-electron chi connectivity index (χ1n) is 12.1. The Kier molecular flexibility index (Phi) is 6.18. The summed E-state index contributed by atoms with van der Waals surface area (Å²) in [5.41, 5.74) is 6.48. The molecule has 0 unspecified atom stereocenters. The lowest BCUT2D eigenvalue weighted by Crippen LogP contribution is -2.10. The Bertz CT molecular complexity index is 1150. The van der Waals surface area contributed by atoms with Gasteiger partial charge in [-0.15, -0.1) is 0 Å². The van der Waals surface area contributed by atoms with Crippen molar-refractivity contribution in [2.75, 3.05) is 13.2 Å². The number of benzene rings is 2. The maximum atomic E-state index is 6.00. The average Bonchev–Trinajstić information content (AvgIpc) is 3.55. The Hall–Kier alpha value is -3.47. The third kappa shape index (κ3) is 4.35. The molecule has 34 heavy (non-hydrogen) atoms. The van der Waals surface area contributed by atoms with Crippen LogP contribution in [0.2, 0.25) is 0 Å². The molecule has 0 saturated carbocycles. The van der Waals surface area contributed by atoms with Gasteiger partial charge in [0.1, 0.15) is 36.7 Å². The molecule has 0 aliphatic carbocycles. The van der Waals surface area contributed by atoms with Crippen molar-refractivity contribution < 1.29 is 9.47 Å². The van der Waals surface area contributed by atoms with E-state index in [0.717, 1.165) is 0 Å². The predicted octanol–water partition coefficient (Wildman–Crippen LogP) is 6.36. The Morgan fingerprint density at radius 2 is 1.06 bits per heavy atom. The lowest BCUT2D eigenvalue weighted by Gasteiger charge is -2.14. The van der Waals surface area contributed by atoms with Crippen LogP contribution in [0.4, 0.5) is 0 Å². The molecule has 5 heteroatoms. The van der Waals surface area contributed by atoms with E-state index in [-0.39, 0.29) is 12.1 Å². The number of ether oxygens (including phenoxy) is 2. The summed E-state index contributed by atoms with van der Waals surface area (Å²) in [6, 6.07) is 22.7. The van der Waals surface area contributed by atoms with Crippen molar-refractivity contribution in [1.29, 1.82) is 0 Å². The second-order valence-electron chi connectivity index (χ2n) is 9.50. The minimum Gasteiger partial charge on any atom is -0.474 e. The highest BCUT2D eigenvalue weighted by atomic mass is 16.5. The molecule has 0 saturated heterocycles. The zero-order valence-electron chi connectivity index (χ0n) is 20.2. The lowest BCUT2D eigenvalue weighted by atomic mass is 9.93. The molecule has 3 heterocycles. The number of hydrogen-bond acceptors (Lipinski definition) is 5.